The zero-order valence-electron chi connectivity index (χ0n) is 14.6. The summed E-state index contributed by atoms with van der Waals surface area (Å²) in [6.07, 6.45) is 12.8. The second kappa shape index (κ2) is 11.3. The van der Waals surface area contributed by atoms with Crippen molar-refractivity contribution >= 4 is 11.9 Å². The smallest absolute Gasteiger partial charge is 0.310 e. The zero-order valence-corrected chi connectivity index (χ0v) is 14.6. The summed E-state index contributed by atoms with van der Waals surface area (Å²) in [5.74, 6) is -1.58. The number of carbonyl (C=O) groups excluding carboxylic acids is 1. The van der Waals surface area contributed by atoms with Crippen LogP contribution in [0.4, 0.5) is 0 Å². The number of ether oxygens (including phenoxy) is 1. The topological polar surface area (TPSA) is 63.6 Å². The predicted octanol–water partition coefficient (Wildman–Crippen LogP) is 4.58. The fourth-order valence-corrected chi connectivity index (χ4v) is 2.96. The lowest BCUT2D eigenvalue weighted by atomic mass is 9.83. The highest BCUT2D eigenvalue weighted by Crippen LogP contribution is 2.27. The van der Waals surface area contributed by atoms with Crippen LogP contribution in [0.2, 0.25) is 0 Å². The third-order valence-corrected chi connectivity index (χ3v) is 4.83. The molecule has 0 aromatic heterocycles. The van der Waals surface area contributed by atoms with Gasteiger partial charge in [-0.05, 0) is 25.2 Å². The third-order valence-electron chi connectivity index (χ3n) is 4.83. The lowest BCUT2D eigenvalue weighted by Crippen LogP contribution is -2.32. The third kappa shape index (κ3) is 7.67. The fourth-order valence-electron chi connectivity index (χ4n) is 2.96. The van der Waals surface area contributed by atoms with Crippen LogP contribution in [-0.4, -0.2) is 23.7 Å². The van der Waals surface area contributed by atoms with Gasteiger partial charge in [-0.3, -0.25) is 9.59 Å². The molecule has 0 saturated heterocycles. The standard InChI is InChI=1S/C19H32O4/c1-3-15(2)11-7-5-4-6-10-14-23-19(22)17-13-9-8-12-16(17)18(20)21/h8-9,15-17H,3-7,10-14H2,1-2H3,(H,20,21). The van der Waals surface area contributed by atoms with Gasteiger partial charge in [-0.2, -0.15) is 0 Å². The molecule has 1 aliphatic rings. The van der Waals surface area contributed by atoms with E-state index in [1.54, 1.807) is 0 Å². The lowest BCUT2D eigenvalue weighted by Gasteiger charge is -2.23. The molecule has 4 heteroatoms. The van der Waals surface area contributed by atoms with Crippen LogP contribution in [0.5, 0.6) is 0 Å². The molecule has 3 unspecified atom stereocenters. The van der Waals surface area contributed by atoms with Gasteiger partial charge in [0.05, 0.1) is 18.4 Å². The first-order valence-electron chi connectivity index (χ1n) is 9.10. The van der Waals surface area contributed by atoms with E-state index in [2.05, 4.69) is 13.8 Å². The summed E-state index contributed by atoms with van der Waals surface area (Å²) in [7, 11) is 0. The summed E-state index contributed by atoms with van der Waals surface area (Å²) in [6, 6.07) is 0. The molecule has 0 aromatic rings. The number of carboxylic acids is 1. The number of aliphatic carboxylic acids is 1. The molecule has 0 spiro atoms. The summed E-state index contributed by atoms with van der Waals surface area (Å²) in [5, 5.41) is 9.16. The van der Waals surface area contributed by atoms with E-state index in [0.717, 1.165) is 18.8 Å². The summed E-state index contributed by atoms with van der Waals surface area (Å²) < 4.78 is 5.29. The van der Waals surface area contributed by atoms with Crippen molar-refractivity contribution in [1.82, 2.24) is 0 Å². The van der Waals surface area contributed by atoms with Gasteiger partial charge in [0.2, 0.25) is 0 Å². The van der Waals surface area contributed by atoms with Gasteiger partial charge in [0, 0.05) is 0 Å². The number of esters is 1. The molecule has 1 rings (SSSR count). The largest absolute Gasteiger partial charge is 0.481 e. The highest BCUT2D eigenvalue weighted by Gasteiger charge is 2.34. The van der Waals surface area contributed by atoms with Crippen molar-refractivity contribution in [1.29, 1.82) is 0 Å². The van der Waals surface area contributed by atoms with Crippen LogP contribution in [0.3, 0.4) is 0 Å². The zero-order chi connectivity index (χ0) is 17.1. The molecule has 0 radical (unpaired) electrons. The molecule has 0 bridgehead atoms. The van der Waals surface area contributed by atoms with Crippen LogP contribution in [0.1, 0.15) is 71.6 Å². The molecule has 1 N–H and O–H groups in total. The molecule has 4 nitrogen and oxygen atoms in total. The van der Waals surface area contributed by atoms with Crippen molar-refractivity contribution in [2.45, 2.75) is 71.6 Å². The van der Waals surface area contributed by atoms with E-state index in [9.17, 15) is 9.59 Å². The predicted molar refractivity (Wildman–Crippen MR) is 91.1 cm³/mol. The van der Waals surface area contributed by atoms with Crippen molar-refractivity contribution in [2.75, 3.05) is 6.61 Å². The Bertz CT molecular complexity index is 389. The molecule has 0 amide bonds. The molecule has 23 heavy (non-hydrogen) atoms. The number of hydrogen-bond donors (Lipinski definition) is 1. The minimum Gasteiger partial charge on any atom is -0.481 e. The fraction of sp³-hybridized carbons (Fsp3) is 0.789. The van der Waals surface area contributed by atoms with E-state index >= 15 is 0 Å². The quantitative estimate of drug-likeness (QED) is 0.343. The SMILES string of the molecule is CCC(C)CCCCCCCOC(=O)C1CC=CCC1C(=O)O. The van der Waals surface area contributed by atoms with Crippen molar-refractivity contribution < 1.29 is 19.4 Å². The average Bonchev–Trinajstić information content (AvgIpc) is 2.56. The normalized spacial score (nSPS) is 21.8. The van der Waals surface area contributed by atoms with Crippen LogP contribution in [0.25, 0.3) is 0 Å². The second-order valence-electron chi connectivity index (χ2n) is 6.73. The Labute approximate surface area is 140 Å². The minimum absolute atomic E-state index is 0.349. The van der Waals surface area contributed by atoms with E-state index in [1.807, 2.05) is 12.2 Å². The van der Waals surface area contributed by atoms with Gasteiger partial charge < -0.3 is 9.84 Å². The Morgan fingerprint density at radius 3 is 2.35 bits per heavy atom. The van der Waals surface area contributed by atoms with Crippen molar-refractivity contribution in [3.8, 4) is 0 Å². The van der Waals surface area contributed by atoms with Crippen LogP contribution in [0, 0.1) is 17.8 Å². The number of unbranched alkanes of at least 4 members (excludes halogenated alkanes) is 4. The minimum atomic E-state index is -0.905. The Morgan fingerprint density at radius 2 is 1.70 bits per heavy atom. The summed E-state index contributed by atoms with van der Waals surface area (Å²) in [5.41, 5.74) is 0. The first-order valence-corrected chi connectivity index (χ1v) is 9.10. The number of hydrogen-bond acceptors (Lipinski definition) is 3. The maximum atomic E-state index is 12.0. The van der Waals surface area contributed by atoms with Gasteiger partial charge in [0.15, 0.2) is 0 Å². The maximum Gasteiger partial charge on any atom is 0.310 e. The summed E-state index contributed by atoms with van der Waals surface area (Å²) in [6.45, 7) is 4.94. The number of carboxylic acid groups (broad SMARTS) is 1. The molecule has 0 aliphatic heterocycles. The maximum absolute atomic E-state index is 12.0. The molecule has 3 atom stereocenters. The van der Waals surface area contributed by atoms with E-state index < -0.39 is 17.8 Å². The van der Waals surface area contributed by atoms with Gasteiger partial charge in [-0.25, -0.2) is 0 Å². The molecular weight excluding hydrogens is 292 g/mol. The highest BCUT2D eigenvalue weighted by molar-refractivity contribution is 5.81. The molecular formula is C19H32O4. The average molecular weight is 324 g/mol. The first-order chi connectivity index (χ1) is 11.1. The Morgan fingerprint density at radius 1 is 1.09 bits per heavy atom. The van der Waals surface area contributed by atoms with Crippen LogP contribution >= 0.6 is 0 Å². The number of carbonyl (C=O) groups is 2. The van der Waals surface area contributed by atoms with Crippen LogP contribution < -0.4 is 0 Å². The molecule has 0 fully saturated rings. The second-order valence-corrected chi connectivity index (χ2v) is 6.73. The molecule has 1 aliphatic carbocycles. The van der Waals surface area contributed by atoms with E-state index in [4.69, 9.17) is 9.84 Å². The first kappa shape index (κ1) is 19.7. The highest BCUT2D eigenvalue weighted by atomic mass is 16.5. The van der Waals surface area contributed by atoms with Crippen LogP contribution in [0.15, 0.2) is 12.2 Å². The van der Waals surface area contributed by atoms with Crippen LogP contribution in [-0.2, 0) is 14.3 Å². The van der Waals surface area contributed by atoms with Crippen molar-refractivity contribution in [3.63, 3.8) is 0 Å². The lowest BCUT2D eigenvalue weighted by molar-refractivity contribution is -0.158. The van der Waals surface area contributed by atoms with Gasteiger partial charge in [0.25, 0.3) is 0 Å². The molecule has 0 aromatic carbocycles. The van der Waals surface area contributed by atoms with Crippen molar-refractivity contribution in [2.24, 2.45) is 17.8 Å². The number of allylic oxidation sites excluding steroid dienone is 2. The van der Waals surface area contributed by atoms with Gasteiger partial charge >= 0.3 is 11.9 Å². The number of rotatable bonds is 11. The van der Waals surface area contributed by atoms with Gasteiger partial charge in [-0.1, -0.05) is 64.5 Å². The Kier molecular flexibility index (Phi) is 9.65. The monoisotopic (exact) mass is 324 g/mol. The Hall–Kier alpha value is -1.32. The molecule has 132 valence electrons. The molecule has 0 heterocycles. The van der Waals surface area contributed by atoms with E-state index in [0.29, 0.717) is 19.4 Å². The summed E-state index contributed by atoms with van der Waals surface area (Å²) >= 11 is 0. The Balaban J connectivity index is 2.10. The summed E-state index contributed by atoms with van der Waals surface area (Å²) in [4.78, 5) is 23.2. The van der Waals surface area contributed by atoms with Gasteiger partial charge in [0.1, 0.15) is 0 Å². The van der Waals surface area contributed by atoms with E-state index in [1.165, 1.54) is 32.1 Å². The van der Waals surface area contributed by atoms with E-state index in [-0.39, 0.29) is 5.97 Å². The van der Waals surface area contributed by atoms with Crippen molar-refractivity contribution in [3.05, 3.63) is 12.2 Å². The molecule has 0 saturated carbocycles. The van der Waals surface area contributed by atoms with Gasteiger partial charge in [-0.15, -0.1) is 0 Å².